The minimum atomic E-state index is -4.45. The summed E-state index contributed by atoms with van der Waals surface area (Å²) < 4.78 is 66.3. The van der Waals surface area contributed by atoms with Crippen LogP contribution in [-0.4, -0.2) is 32.7 Å². The van der Waals surface area contributed by atoms with Crippen molar-refractivity contribution in [2.24, 2.45) is 0 Å². The Morgan fingerprint density at radius 3 is 2.39 bits per heavy atom. The van der Waals surface area contributed by atoms with E-state index in [4.69, 9.17) is 14.2 Å². The molecule has 168 valence electrons. The fourth-order valence-corrected chi connectivity index (χ4v) is 3.37. The first-order valence-electron chi connectivity index (χ1n) is 9.82. The van der Waals surface area contributed by atoms with E-state index in [0.717, 1.165) is 25.2 Å². The van der Waals surface area contributed by atoms with E-state index in [2.05, 4.69) is 0 Å². The molecule has 0 aromatic heterocycles. The number of carbonyl (C=O) groups excluding carboxylic acids is 1. The van der Waals surface area contributed by atoms with Gasteiger partial charge >= 0.3 is 12.3 Å². The van der Waals surface area contributed by atoms with Crippen molar-refractivity contribution in [1.29, 1.82) is 0 Å². The van der Waals surface area contributed by atoms with Gasteiger partial charge < -0.3 is 14.2 Å². The highest BCUT2D eigenvalue weighted by Gasteiger charge is 2.36. The zero-order valence-electron chi connectivity index (χ0n) is 16.9. The topological polar surface area (TPSA) is 48.0 Å². The number of cyclic esters (lactones) is 1. The molecule has 1 amide bonds. The van der Waals surface area contributed by atoms with Crippen molar-refractivity contribution < 1.29 is 36.6 Å². The Bertz CT molecular complexity index is 867. The van der Waals surface area contributed by atoms with Crippen LogP contribution < -0.4 is 4.90 Å². The van der Waals surface area contributed by atoms with Gasteiger partial charge in [0.05, 0.1) is 11.6 Å². The van der Waals surface area contributed by atoms with Gasteiger partial charge in [0.25, 0.3) is 0 Å². The van der Waals surface area contributed by atoms with Crippen LogP contribution >= 0.6 is 0 Å². The first-order chi connectivity index (χ1) is 14.8. The van der Waals surface area contributed by atoms with Crippen LogP contribution in [0.3, 0.4) is 0 Å². The third-order valence-corrected chi connectivity index (χ3v) is 4.98. The summed E-state index contributed by atoms with van der Waals surface area (Å²) in [7, 11) is 1.69. The van der Waals surface area contributed by atoms with Gasteiger partial charge in [0.2, 0.25) is 0 Å². The third kappa shape index (κ3) is 5.95. The molecule has 0 saturated carbocycles. The van der Waals surface area contributed by atoms with E-state index in [1.165, 1.54) is 48.1 Å². The van der Waals surface area contributed by atoms with Crippen molar-refractivity contribution in [1.82, 2.24) is 0 Å². The number of benzene rings is 2. The molecule has 2 saturated heterocycles. The Hall–Kier alpha value is -2.65. The third-order valence-electron chi connectivity index (χ3n) is 4.98. The minimum absolute atomic E-state index is 0.00328. The van der Waals surface area contributed by atoms with E-state index in [1.807, 2.05) is 0 Å². The molecule has 0 aliphatic carbocycles. The highest BCUT2D eigenvalue weighted by molar-refractivity contribution is 5.90. The van der Waals surface area contributed by atoms with Crippen LogP contribution in [0.2, 0.25) is 0 Å². The monoisotopic (exact) mass is 441 g/mol. The maximum absolute atomic E-state index is 13.4. The normalized spacial score (nSPS) is 21.3. The number of ether oxygens (including phenoxy) is 3. The highest BCUT2D eigenvalue weighted by Crippen LogP contribution is 2.35. The predicted molar refractivity (Wildman–Crippen MR) is 105 cm³/mol. The zero-order chi connectivity index (χ0) is 22.4. The minimum Gasteiger partial charge on any atom is -0.447 e. The Kier molecular flexibility index (Phi) is 7.50. The lowest BCUT2D eigenvalue weighted by Gasteiger charge is -2.22. The number of halogens is 4. The van der Waals surface area contributed by atoms with Gasteiger partial charge in [-0.3, -0.25) is 4.90 Å². The number of hydrogen-bond donors (Lipinski definition) is 0. The summed E-state index contributed by atoms with van der Waals surface area (Å²) in [6.07, 6.45) is -1.54. The quantitative estimate of drug-likeness (QED) is 0.573. The van der Waals surface area contributed by atoms with Crippen LogP contribution in [0.5, 0.6) is 0 Å². The van der Waals surface area contributed by atoms with Crippen molar-refractivity contribution in [2.45, 2.75) is 37.8 Å². The summed E-state index contributed by atoms with van der Waals surface area (Å²) >= 11 is 0. The Morgan fingerprint density at radius 1 is 1.10 bits per heavy atom. The number of nitrogens with zero attached hydrogens (tertiary/aromatic N) is 1. The first-order valence-corrected chi connectivity index (χ1v) is 9.82. The molecule has 0 bridgehead atoms. The summed E-state index contributed by atoms with van der Waals surface area (Å²) in [5, 5.41) is 0. The van der Waals surface area contributed by atoms with Gasteiger partial charge in [-0.25, -0.2) is 9.18 Å². The SMILES string of the molecule is COC1CCCCO1.O=C1OC[C@H](c2cccc(F)c2)N1c1ccc(C(F)(F)F)cc1. The van der Waals surface area contributed by atoms with Gasteiger partial charge in [0.15, 0.2) is 6.29 Å². The Balaban J connectivity index is 0.000000287. The van der Waals surface area contributed by atoms with Gasteiger partial charge in [-0.15, -0.1) is 0 Å². The molecular formula is C22H23F4NO4. The van der Waals surface area contributed by atoms with Gasteiger partial charge in [0, 0.05) is 19.4 Å². The predicted octanol–water partition coefficient (Wildman–Crippen LogP) is 5.70. The van der Waals surface area contributed by atoms with Crippen LogP contribution in [0, 0.1) is 5.82 Å². The van der Waals surface area contributed by atoms with E-state index in [-0.39, 0.29) is 18.6 Å². The Morgan fingerprint density at radius 2 is 1.84 bits per heavy atom. The zero-order valence-corrected chi connectivity index (χ0v) is 16.9. The number of carbonyl (C=O) groups is 1. The van der Waals surface area contributed by atoms with Gasteiger partial charge in [0.1, 0.15) is 12.4 Å². The molecule has 2 heterocycles. The molecule has 2 fully saturated rings. The molecule has 0 spiro atoms. The molecule has 4 rings (SSSR count). The van der Waals surface area contributed by atoms with E-state index < -0.39 is 29.7 Å². The number of amides is 1. The fourth-order valence-electron chi connectivity index (χ4n) is 3.37. The van der Waals surface area contributed by atoms with Crippen molar-refractivity contribution in [3.05, 3.63) is 65.5 Å². The second-order valence-corrected chi connectivity index (χ2v) is 7.09. The van der Waals surface area contributed by atoms with Gasteiger partial charge in [-0.05, 0) is 61.2 Å². The molecule has 0 radical (unpaired) electrons. The summed E-state index contributed by atoms with van der Waals surface area (Å²) in [4.78, 5) is 13.1. The number of alkyl halides is 3. The fraction of sp³-hybridized carbons (Fsp3) is 0.409. The van der Waals surface area contributed by atoms with E-state index in [9.17, 15) is 22.4 Å². The van der Waals surface area contributed by atoms with Crippen LogP contribution in [-0.2, 0) is 20.4 Å². The number of anilines is 1. The lowest BCUT2D eigenvalue weighted by molar-refractivity contribution is -0.145. The molecule has 2 aromatic carbocycles. The molecule has 2 aromatic rings. The summed E-state index contributed by atoms with van der Waals surface area (Å²) in [6.45, 7) is 0.877. The van der Waals surface area contributed by atoms with Crippen molar-refractivity contribution in [2.75, 3.05) is 25.2 Å². The average Bonchev–Trinajstić information content (AvgIpc) is 3.15. The maximum Gasteiger partial charge on any atom is 0.416 e. The lowest BCUT2D eigenvalue weighted by atomic mass is 10.1. The van der Waals surface area contributed by atoms with Crippen LogP contribution in [0.25, 0.3) is 0 Å². The molecule has 2 aliphatic rings. The van der Waals surface area contributed by atoms with Crippen LogP contribution in [0.4, 0.5) is 28.0 Å². The van der Waals surface area contributed by atoms with Gasteiger partial charge in [-0.1, -0.05) is 12.1 Å². The molecule has 9 heteroatoms. The number of hydrogen-bond acceptors (Lipinski definition) is 4. The molecule has 0 N–H and O–H groups in total. The molecule has 31 heavy (non-hydrogen) atoms. The summed E-state index contributed by atoms with van der Waals surface area (Å²) in [5.74, 6) is -0.464. The van der Waals surface area contributed by atoms with Crippen LogP contribution in [0.15, 0.2) is 48.5 Å². The molecule has 2 atom stereocenters. The highest BCUT2D eigenvalue weighted by atomic mass is 19.4. The number of methoxy groups -OCH3 is 1. The van der Waals surface area contributed by atoms with Crippen molar-refractivity contribution in [3.8, 4) is 0 Å². The van der Waals surface area contributed by atoms with Crippen LogP contribution in [0.1, 0.15) is 36.4 Å². The standard InChI is InChI=1S/C16H11F4NO2.C6H12O2/c17-12-3-1-2-10(8-12)14-9-23-15(22)21(14)13-6-4-11(5-7-13)16(18,19)20;1-7-6-4-2-3-5-8-6/h1-8,14H,9H2;6H,2-5H2,1H3/t14-;/m1./s1. The molecule has 1 unspecified atom stereocenters. The lowest BCUT2D eigenvalue weighted by Crippen LogP contribution is -2.27. The van der Waals surface area contributed by atoms with E-state index in [0.29, 0.717) is 5.56 Å². The molecular weight excluding hydrogens is 418 g/mol. The van der Waals surface area contributed by atoms with Crippen molar-refractivity contribution >= 4 is 11.8 Å². The largest absolute Gasteiger partial charge is 0.447 e. The smallest absolute Gasteiger partial charge is 0.416 e. The molecule has 5 nitrogen and oxygen atoms in total. The first kappa shape index (κ1) is 23.0. The maximum atomic E-state index is 13.4. The second-order valence-electron chi connectivity index (χ2n) is 7.09. The molecule has 2 aliphatic heterocycles. The van der Waals surface area contributed by atoms with E-state index >= 15 is 0 Å². The summed E-state index contributed by atoms with van der Waals surface area (Å²) in [5.41, 5.74) is -0.0402. The average molecular weight is 441 g/mol. The number of rotatable bonds is 3. The second kappa shape index (κ2) is 10.1. The van der Waals surface area contributed by atoms with E-state index in [1.54, 1.807) is 13.2 Å². The Labute approximate surface area is 177 Å². The summed E-state index contributed by atoms with van der Waals surface area (Å²) in [6, 6.07) is 9.25. The van der Waals surface area contributed by atoms with Gasteiger partial charge in [-0.2, -0.15) is 13.2 Å². The van der Waals surface area contributed by atoms with Crippen molar-refractivity contribution in [3.63, 3.8) is 0 Å².